The molecule has 1 N–H and O–H groups in total. The number of nitrogens with one attached hydrogen (secondary N) is 1. The van der Waals surface area contributed by atoms with Crippen LogP contribution in [0, 0.1) is 0 Å². The summed E-state index contributed by atoms with van der Waals surface area (Å²) >= 11 is 0. The van der Waals surface area contributed by atoms with Crippen molar-refractivity contribution in [3.63, 3.8) is 0 Å². The summed E-state index contributed by atoms with van der Waals surface area (Å²) in [6, 6.07) is 5.62. The van der Waals surface area contributed by atoms with E-state index in [1.54, 1.807) is 4.90 Å². The molecule has 1 unspecified atom stereocenters. The summed E-state index contributed by atoms with van der Waals surface area (Å²) in [7, 11) is 0. The van der Waals surface area contributed by atoms with Gasteiger partial charge in [-0.3, -0.25) is 9.59 Å². The van der Waals surface area contributed by atoms with Crippen LogP contribution in [0.5, 0.6) is 0 Å². The van der Waals surface area contributed by atoms with Crippen molar-refractivity contribution < 1.29 is 9.59 Å². The van der Waals surface area contributed by atoms with Crippen molar-refractivity contribution in [2.24, 2.45) is 0 Å². The summed E-state index contributed by atoms with van der Waals surface area (Å²) in [6.45, 7) is 8.58. The van der Waals surface area contributed by atoms with Crippen LogP contribution in [0.3, 0.4) is 0 Å². The number of carbonyl (C=O) groups is 2. The van der Waals surface area contributed by atoms with Gasteiger partial charge in [0.25, 0.3) is 5.91 Å². The first-order chi connectivity index (χ1) is 9.97. The Morgan fingerprint density at radius 2 is 2.10 bits per heavy atom. The molecule has 2 amide bonds. The second-order valence-electron chi connectivity index (χ2n) is 6.15. The molecule has 3 rings (SSSR count). The van der Waals surface area contributed by atoms with Crippen LogP contribution in [0.2, 0.25) is 0 Å². The van der Waals surface area contributed by atoms with Crippen molar-refractivity contribution in [2.45, 2.75) is 45.2 Å². The second kappa shape index (κ2) is 5.02. The average molecular weight is 284 g/mol. The minimum atomic E-state index is -0.377. The Labute approximate surface area is 124 Å². The highest BCUT2D eigenvalue weighted by Gasteiger charge is 2.38. The lowest BCUT2D eigenvalue weighted by molar-refractivity contribution is -0.126. The van der Waals surface area contributed by atoms with Gasteiger partial charge in [0.15, 0.2) is 0 Å². The van der Waals surface area contributed by atoms with E-state index >= 15 is 0 Å². The van der Waals surface area contributed by atoms with Crippen LogP contribution in [0.15, 0.2) is 30.5 Å². The van der Waals surface area contributed by atoms with Gasteiger partial charge in [0, 0.05) is 17.8 Å². The van der Waals surface area contributed by atoms with Gasteiger partial charge in [-0.2, -0.15) is 0 Å². The molecule has 2 aliphatic heterocycles. The number of fused-ring (bicyclic) bond motifs is 1. The van der Waals surface area contributed by atoms with E-state index in [0.717, 1.165) is 23.2 Å². The molecule has 0 saturated carbocycles. The molecule has 0 aliphatic carbocycles. The first-order valence-corrected chi connectivity index (χ1v) is 7.40. The number of piperidine rings is 1. The highest BCUT2D eigenvalue weighted by molar-refractivity contribution is 6.01. The third-order valence-corrected chi connectivity index (χ3v) is 4.33. The molecule has 1 atom stereocenters. The lowest BCUT2D eigenvalue weighted by Crippen LogP contribution is -2.49. The number of rotatable bonds is 2. The van der Waals surface area contributed by atoms with Crippen molar-refractivity contribution in [1.29, 1.82) is 0 Å². The largest absolute Gasteiger partial charge is 0.329 e. The molecule has 0 aromatic heterocycles. The van der Waals surface area contributed by atoms with Gasteiger partial charge in [0.2, 0.25) is 5.91 Å². The number of allylic oxidation sites excluding steroid dienone is 1. The summed E-state index contributed by atoms with van der Waals surface area (Å²) in [5, 5.41) is 2.76. The van der Waals surface area contributed by atoms with Crippen LogP contribution in [0.25, 0.3) is 0 Å². The normalized spacial score (nSPS) is 21.8. The third-order valence-electron chi connectivity index (χ3n) is 4.33. The van der Waals surface area contributed by atoms with Gasteiger partial charge in [-0.05, 0) is 36.0 Å². The molecule has 4 nitrogen and oxygen atoms in total. The number of carbonyl (C=O) groups excluding carboxylic acids is 2. The van der Waals surface area contributed by atoms with Gasteiger partial charge in [-0.25, -0.2) is 0 Å². The SMILES string of the molecule is C=C1CCC(N2Cc3cc(C(C)C)ccc3C2=O)C(=O)N1. The van der Waals surface area contributed by atoms with E-state index in [0.29, 0.717) is 18.9 Å². The minimum Gasteiger partial charge on any atom is -0.329 e. The molecule has 2 heterocycles. The highest BCUT2D eigenvalue weighted by Crippen LogP contribution is 2.30. The number of amides is 2. The van der Waals surface area contributed by atoms with E-state index in [2.05, 4.69) is 31.8 Å². The molecule has 0 bridgehead atoms. The number of benzene rings is 1. The summed E-state index contributed by atoms with van der Waals surface area (Å²) in [5.74, 6) is 0.283. The van der Waals surface area contributed by atoms with Gasteiger partial charge >= 0.3 is 0 Å². The minimum absolute atomic E-state index is 0.0343. The Morgan fingerprint density at radius 1 is 1.33 bits per heavy atom. The lowest BCUT2D eigenvalue weighted by atomic mass is 9.98. The zero-order chi connectivity index (χ0) is 15.1. The topological polar surface area (TPSA) is 49.4 Å². The average Bonchev–Trinajstić information content (AvgIpc) is 2.75. The van der Waals surface area contributed by atoms with Crippen LogP contribution in [-0.4, -0.2) is 22.8 Å². The predicted octanol–water partition coefficient (Wildman–Crippen LogP) is 2.56. The summed E-state index contributed by atoms with van der Waals surface area (Å²) in [6.07, 6.45) is 1.38. The molecule has 4 heteroatoms. The third kappa shape index (κ3) is 2.35. The molecule has 1 aromatic rings. The van der Waals surface area contributed by atoms with Crippen molar-refractivity contribution in [3.05, 3.63) is 47.2 Å². The molecule has 21 heavy (non-hydrogen) atoms. The van der Waals surface area contributed by atoms with Crippen molar-refractivity contribution in [1.82, 2.24) is 10.2 Å². The quantitative estimate of drug-likeness (QED) is 0.907. The monoisotopic (exact) mass is 284 g/mol. The fraction of sp³-hybridized carbons (Fsp3) is 0.412. The number of nitrogens with zero attached hydrogens (tertiary/aromatic N) is 1. The van der Waals surface area contributed by atoms with Crippen LogP contribution in [0.4, 0.5) is 0 Å². The Morgan fingerprint density at radius 3 is 2.76 bits per heavy atom. The van der Waals surface area contributed by atoms with Gasteiger partial charge in [0.1, 0.15) is 6.04 Å². The summed E-state index contributed by atoms with van der Waals surface area (Å²) < 4.78 is 0. The molecular weight excluding hydrogens is 264 g/mol. The van der Waals surface area contributed by atoms with Crippen molar-refractivity contribution in [3.8, 4) is 0 Å². The molecule has 1 fully saturated rings. The van der Waals surface area contributed by atoms with E-state index < -0.39 is 0 Å². The van der Waals surface area contributed by atoms with Gasteiger partial charge < -0.3 is 10.2 Å². The Bertz CT molecular complexity index is 634. The van der Waals surface area contributed by atoms with Crippen LogP contribution < -0.4 is 5.32 Å². The van der Waals surface area contributed by atoms with Crippen LogP contribution in [-0.2, 0) is 11.3 Å². The molecule has 110 valence electrons. The first-order valence-electron chi connectivity index (χ1n) is 7.40. The van der Waals surface area contributed by atoms with Gasteiger partial charge in [-0.1, -0.05) is 32.6 Å². The fourth-order valence-corrected chi connectivity index (χ4v) is 3.03. The van der Waals surface area contributed by atoms with E-state index in [4.69, 9.17) is 0 Å². The Balaban J connectivity index is 1.86. The van der Waals surface area contributed by atoms with Crippen molar-refractivity contribution in [2.75, 3.05) is 0 Å². The standard InChI is InChI=1S/C17H20N2O2/c1-10(2)12-5-6-14-13(8-12)9-19(17(14)21)15-7-4-11(3)18-16(15)20/h5-6,8,10,15H,3-4,7,9H2,1-2H3,(H,18,20). The lowest BCUT2D eigenvalue weighted by Gasteiger charge is -2.30. The zero-order valence-corrected chi connectivity index (χ0v) is 12.5. The van der Waals surface area contributed by atoms with E-state index in [1.807, 2.05) is 12.1 Å². The molecule has 1 aromatic carbocycles. The van der Waals surface area contributed by atoms with Gasteiger partial charge in [-0.15, -0.1) is 0 Å². The molecule has 2 aliphatic rings. The second-order valence-corrected chi connectivity index (χ2v) is 6.15. The predicted molar refractivity (Wildman–Crippen MR) is 80.7 cm³/mol. The summed E-state index contributed by atoms with van der Waals surface area (Å²) in [4.78, 5) is 26.3. The fourth-order valence-electron chi connectivity index (χ4n) is 3.03. The summed E-state index contributed by atoms with van der Waals surface area (Å²) in [5.41, 5.74) is 3.73. The Hall–Kier alpha value is -2.10. The van der Waals surface area contributed by atoms with Gasteiger partial charge in [0.05, 0.1) is 0 Å². The molecular formula is C17H20N2O2. The highest BCUT2D eigenvalue weighted by atomic mass is 16.2. The van der Waals surface area contributed by atoms with E-state index in [-0.39, 0.29) is 17.9 Å². The van der Waals surface area contributed by atoms with Crippen LogP contribution in [0.1, 0.15) is 54.1 Å². The number of hydrogen-bond donors (Lipinski definition) is 1. The Kier molecular flexibility index (Phi) is 3.32. The molecule has 1 saturated heterocycles. The smallest absolute Gasteiger partial charge is 0.255 e. The van der Waals surface area contributed by atoms with E-state index in [9.17, 15) is 9.59 Å². The maximum atomic E-state index is 12.5. The first kappa shape index (κ1) is 13.9. The molecule has 0 spiro atoms. The number of hydrogen-bond acceptors (Lipinski definition) is 2. The van der Waals surface area contributed by atoms with E-state index in [1.165, 1.54) is 5.56 Å². The maximum Gasteiger partial charge on any atom is 0.255 e. The zero-order valence-electron chi connectivity index (χ0n) is 12.5. The van der Waals surface area contributed by atoms with Crippen LogP contribution >= 0.6 is 0 Å². The van der Waals surface area contributed by atoms with Crippen molar-refractivity contribution >= 4 is 11.8 Å². The molecule has 0 radical (unpaired) electrons. The maximum absolute atomic E-state index is 12.5.